The normalized spacial score (nSPS) is 15.1. The van der Waals surface area contributed by atoms with E-state index in [0.29, 0.717) is 0 Å². The Bertz CT molecular complexity index is 826. The molecule has 1 aliphatic rings. The number of hydrogen-bond donors (Lipinski definition) is 0. The molecule has 0 spiro atoms. The van der Waals surface area contributed by atoms with E-state index in [1.807, 2.05) is 23.9 Å². The van der Waals surface area contributed by atoms with Crippen LogP contribution in [0.15, 0.2) is 65.8 Å². The zero-order chi connectivity index (χ0) is 18.3. The number of aromatic nitrogens is 3. The summed E-state index contributed by atoms with van der Waals surface area (Å²) in [6, 6.07) is 21.0. The number of benzene rings is 2. The van der Waals surface area contributed by atoms with Crippen LogP contribution in [-0.4, -0.2) is 45.1 Å². The summed E-state index contributed by atoms with van der Waals surface area (Å²) in [6.45, 7) is 3.61. The van der Waals surface area contributed by atoms with Gasteiger partial charge in [0, 0.05) is 24.4 Å². The van der Waals surface area contributed by atoms with Crippen LogP contribution in [0.2, 0.25) is 0 Å². The maximum atomic E-state index is 4.53. The second kappa shape index (κ2) is 9.20. The van der Waals surface area contributed by atoms with Crippen molar-refractivity contribution < 1.29 is 0 Å². The van der Waals surface area contributed by atoms with Crippen LogP contribution in [0.25, 0.3) is 5.69 Å². The van der Waals surface area contributed by atoms with Crippen molar-refractivity contribution >= 4 is 11.8 Å². The summed E-state index contributed by atoms with van der Waals surface area (Å²) in [5, 5.41) is 10.1. The summed E-state index contributed by atoms with van der Waals surface area (Å²) in [5.74, 6) is 2.05. The topological polar surface area (TPSA) is 34.0 Å². The predicted molar refractivity (Wildman–Crippen MR) is 112 cm³/mol. The van der Waals surface area contributed by atoms with Gasteiger partial charge in [-0.05, 0) is 43.6 Å². The van der Waals surface area contributed by atoms with Crippen molar-refractivity contribution in [1.29, 1.82) is 0 Å². The first-order valence-corrected chi connectivity index (χ1v) is 10.8. The van der Waals surface area contributed by atoms with Gasteiger partial charge in [-0.25, -0.2) is 0 Å². The molecule has 0 saturated carbocycles. The van der Waals surface area contributed by atoms with Crippen molar-refractivity contribution in [3.05, 3.63) is 72.1 Å². The molecule has 5 heteroatoms. The van der Waals surface area contributed by atoms with Crippen LogP contribution < -0.4 is 0 Å². The van der Waals surface area contributed by atoms with Crippen molar-refractivity contribution in [2.75, 3.05) is 25.4 Å². The Kier molecular flexibility index (Phi) is 6.22. The molecular weight excluding hydrogens is 352 g/mol. The van der Waals surface area contributed by atoms with E-state index in [-0.39, 0.29) is 0 Å². The molecule has 2 heterocycles. The average molecular weight is 379 g/mol. The molecule has 4 nitrogen and oxygen atoms in total. The standard InChI is InChI=1S/C22H26N4S/c1-4-10-19(11-5-1)18-21-23-24-22(26(21)20-12-6-2-7-13-20)27-17-16-25-14-8-3-9-15-25/h1-2,4-7,10-13H,3,8-9,14-18H2. The second-order valence-electron chi connectivity index (χ2n) is 6.98. The fourth-order valence-electron chi connectivity index (χ4n) is 3.57. The molecular formula is C22H26N4S. The van der Waals surface area contributed by atoms with Crippen LogP contribution in [0.1, 0.15) is 30.7 Å². The van der Waals surface area contributed by atoms with Gasteiger partial charge in [-0.1, -0.05) is 66.7 Å². The summed E-state index contributed by atoms with van der Waals surface area (Å²) in [7, 11) is 0. The third-order valence-corrected chi connectivity index (χ3v) is 5.92. The summed E-state index contributed by atoms with van der Waals surface area (Å²) in [5.41, 5.74) is 2.39. The Morgan fingerprint density at radius 2 is 1.52 bits per heavy atom. The van der Waals surface area contributed by atoms with E-state index in [1.165, 1.54) is 37.9 Å². The Morgan fingerprint density at radius 1 is 0.815 bits per heavy atom. The van der Waals surface area contributed by atoms with Gasteiger partial charge in [0.2, 0.25) is 0 Å². The quantitative estimate of drug-likeness (QED) is 0.569. The largest absolute Gasteiger partial charge is 0.303 e. The zero-order valence-electron chi connectivity index (χ0n) is 15.6. The lowest BCUT2D eigenvalue weighted by atomic mass is 10.1. The molecule has 1 aliphatic heterocycles. The van der Waals surface area contributed by atoms with Crippen LogP contribution in [0, 0.1) is 0 Å². The highest BCUT2D eigenvalue weighted by Gasteiger charge is 2.16. The fraction of sp³-hybridized carbons (Fsp3) is 0.364. The first-order chi connectivity index (χ1) is 13.4. The molecule has 0 radical (unpaired) electrons. The molecule has 27 heavy (non-hydrogen) atoms. The molecule has 4 rings (SSSR count). The predicted octanol–water partition coefficient (Wildman–Crippen LogP) is 4.44. The van der Waals surface area contributed by atoms with Gasteiger partial charge in [0.1, 0.15) is 5.82 Å². The molecule has 0 amide bonds. The van der Waals surface area contributed by atoms with Crippen molar-refractivity contribution in [2.45, 2.75) is 30.8 Å². The van der Waals surface area contributed by atoms with Crippen molar-refractivity contribution in [1.82, 2.24) is 19.7 Å². The van der Waals surface area contributed by atoms with Gasteiger partial charge in [-0.3, -0.25) is 4.57 Å². The van der Waals surface area contributed by atoms with Crippen LogP contribution >= 0.6 is 11.8 Å². The molecule has 3 aromatic rings. The summed E-state index contributed by atoms with van der Waals surface area (Å²) in [4.78, 5) is 2.57. The van der Waals surface area contributed by atoms with E-state index in [2.05, 4.69) is 68.2 Å². The molecule has 1 saturated heterocycles. The van der Waals surface area contributed by atoms with E-state index in [0.717, 1.165) is 35.4 Å². The van der Waals surface area contributed by atoms with E-state index in [9.17, 15) is 0 Å². The highest BCUT2D eigenvalue weighted by molar-refractivity contribution is 7.99. The number of rotatable bonds is 7. The molecule has 1 fully saturated rings. The summed E-state index contributed by atoms with van der Waals surface area (Å²) < 4.78 is 2.22. The van der Waals surface area contributed by atoms with Crippen molar-refractivity contribution in [3.8, 4) is 5.69 Å². The number of nitrogens with zero attached hydrogens (tertiary/aromatic N) is 4. The number of thioether (sulfide) groups is 1. The van der Waals surface area contributed by atoms with Gasteiger partial charge >= 0.3 is 0 Å². The molecule has 2 aromatic carbocycles. The summed E-state index contributed by atoms with van der Waals surface area (Å²) >= 11 is 1.81. The Labute approximate surface area is 165 Å². The maximum absolute atomic E-state index is 4.53. The third-order valence-electron chi connectivity index (χ3n) is 5.01. The van der Waals surface area contributed by atoms with Crippen molar-refractivity contribution in [3.63, 3.8) is 0 Å². The molecule has 140 valence electrons. The molecule has 0 N–H and O–H groups in total. The number of piperidine rings is 1. The molecule has 0 bridgehead atoms. The van der Waals surface area contributed by atoms with Gasteiger partial charge in [0.05, 0.1) is 0 Å². The first-order valence-electron chi connectivity index (χ1n) is 9.79. The Balaban J connectivity index is 1.52. The lowest BCUT2D eigenvalue weighted by molar-refractivity contribution is 0.242. The highest BCUT2D eigenvalue weighted by Crippen LogP contribution is 2.24. The second-order valence-corrected chi connectivity index (χ2v) is 8.04. The number of likely N-dealkylation sites (tertiary alicyclic amines) is 1. The molecule has 0 unspecified atom stereocenters. The van der Waals surface area contributed by atoms with Gasteiger partial charge in [-0.15, -0.1) is 10.2 Å². The monoisotopic (exact) mass is 378 g/mol. The Morgan fingerprint density at radius 3 is 2.26 bits per heavy atom. The minimum atomic E-state index is 0.787. The van der Waals surface area contributed by atoms with E-state index >= 15 is 0 Å². The van der Waals surface area contributed by atoms with Gasteiger partial charge in [0.25, 0.3) is 0 Å². The third kappa shape index (κ3) is 4.79. The maximum Gasteiger partial charge on any atom is 0.195 e. The SMILES string of the molecule is c1ccc(Cc2nnc(SCCN3CCCCC3)n2-c2ccccc2)cc1. The molecule has 0 aliphatic carbocycles. The zero-order valence-corrected chi connectivity index (χ0v) is 16.4. The van der Waals surface area contributed by atoms with Crippen LogP contribution in [0.4, 0.5) is 0 Å². The fourth-order valence-corrected chi connectivity index (χ4v) is 4.54. The average Bonchev–Trinajstić information content (AvgIpc) is 3.12. The minimum Gasteiger partial charge on any atom is -0.303 e. The van der Waals surface area contributed by atoms with E-state index in [1.54, 1.807) is 0 Å². The lowest BCUT2D eigenvalue weighted by Gasteiger charge is -2.25. The minimum absolute atomic E-state index is 0.787. The van der Waals surface area contributed by atoms with E-state index < -0.39 is 0 Å². The smallest absolute Gasteiger partial charge is 0.195 e. The first kappa shape index (κ1) is 18.3. The summed E-state index contributed by atoms with van der Waals surface area (Å²) in [6.07, 6.45) is 4.85. The van der Waals surface area contributed by atoms with Crippen molar-refractivity contribution in [2.24, 2.45) is 0 Å². The van der Waals surface area contributed by atoms with Crippen LogP contribution in [0.5, 0.6) is 0 Å². The molecule has 1 aromatic heterocycles. The van der Waals surface area contributed by atoms with E-state index in [4.69, 9.17) is 0 Å². The Hall–Kier alpha value is -2.11. The van der Waals surface area contributed by atoms with Gasteiger partial charge < -0.3 is 4.90 Å². The van der Waals surface area contributed by atoms with Gasteiger partial charge in [-0.2, -0.15) is 0 Å². The van der Waals surface area contributed by atoms with Gasteiger partial charge in [0.15, 0.2) is 5.16 Å². The van der Waals surface area contributed by atoms with Crippen LogP contribution in [-0.2, 0) is 6.42 Å². The van der Waals surface area contributed by atoms with Crippen LogP contribution in [0.3, 0.4) is 0 Å². The highest BCUT2D eigenvalue weighted by atomic mass is 32.2. The lowest BCUT2D eigenvalue weighted by Crippen LogP contribution is -2.31. The number of hydrogen-bond acceptors (Lipinski definition) is 4. The molecule has 0 atom stereocenters. The number of para-hydroxylation sites is 1.